The number of rotatable bonds is 8. The summed E-state index contributed by atoms with van der Waals surface area (Å²) in [7, 11) is 0. The van der Waals surface area contributed by atoms with Crippen molar-refractivity contribution in [3.63, 3.8) is 0 Å². The van der Waals surface area contributed by atoms with E-state index >= 15 is 0 Å². The Kier molecular flexibility index (Phi) is 7.97. The highest BCUT2D eigenvalue weighted by Gasteiger charge is 2.11. The SMILES string of the molecule is CC(C)NC(=O)CNC(=O)COC(=O)COc1ccc(F)cc1Cl. The molecule has 0 radical (unpaired) electrons. The van der Waals surface area contributed by atoms with Crippen molar-refractivity contribution >= 4 is 29.4 Å². The van der Waals surface area contributed by atoms with Crippen molar-refractivity contribution in [1.82, 2.24) is 10.6 Å². The predicted molar refractivity (Wildman–Crippen MR) is 84.2 cm³/mol. The maximum atomic E-state index is 12.9. The van der Waals surface area contributed by atoms with Gasteiger partial charge in [-0.25, -0.2) is 9.18 Å². The molecule has 0 aliphatic heterocycles. The average Bonchev–Trinajstić information content (AvgIpc) is 2.49. The van der Waals surface area contributed by atoms with Crippen LogP contribution in [0.15, 0.2) is 18.2 Å². The Bertz CT molecular complexity index is 610. The van der Waals surface area contributed by atoms with Crippen molar-refractivity contribution in [3.8, 4) is 5.75 Å². The molecule has 0 unspecified atom stereocenters. The van der Waals surface area contributed by atoms with Gasteiger partial charge in [-0.3, -0.25) is 9.59 Å². The highest BCUT2D eigenvalue weighted by molar-refractivity contribution is 6.32. The molecule has 0 aromatic heterocycles. The molecule has 9 heteroatoms. The molecule has 1 rings (SSSR count). The second-order valence-corrected chi connectivity index (χ2v) is 5.43. The molecule has 0 fully saturated rings. The van der Waals surface area contributed by atoms with Gasteiger partial charge in [0.1, 0.15) is 11.6 Å². The summed E-state index contributed by atoms with van der Waals surface area (Å²) in [5.74, 6) is -2.20. The third-order valence-corrected chi connectivity index (χ3v) is 2.79. The minimum absolute atomic E-state index is 0.0108. The van der Waals surface area contributed by atoms with E-state index in [0.29, 0.717) is 0 Å². The molecule has 7 nitrogen and oxygen atoms in total. The number of nitrogens with one attached hydrogen (secondary N) is 2. The van der Waals surface area contributed by atoms with Crippen LogP contribution in [0.2, 0.25) is 5.02 Å². The smallest absolute Gasteiger partial charge is 0.344 e. The molecule has 0 saturated heterocycles. The molecule has 0 aliphatic carbocycles. The number of amides is 2. The molecule has 132 valence electrons. The Morgan fingerprint density at radius 3 is 2.54 bits per heavy atom. The Morgan fingerprint density at radius 1 is 1.21 bits per heavy atom. The lowest BCUT2D eigenvalue weighted by molar-refractivity contribution is -0.150. The summed E-state index contributed by atoms with van der Waals surface area (Å²) in [6.45, 7) is 2.32. The molecule has 0 spiro atoms. The van der Waals surface area contributed by atoms with E-state index in [1.165, 1.54) is 6.07 Å². The molecular formula is C15H18ClFN2O5. The van der Waals surface area contributed by atoms with Gasteiger partial charge in [-0.2, -0.15) is 0 Å². The molecule has 1 aromatic carbocycles. The number of esters is 1. The lowest BCUT2D eigenvalue weighted by atomic mass is 10.3. The number of hydrogen-bond donors (Lipinski definition) is 2. The van der Waals surface area contributed by atoms with Gasteiger partial charge in [0.05, 0.1) is 11.6 Å². The fourth-order valence-electron chi connectivity index (χ4n) is 1.52. The van der Waals surface area contributed by atoms with Gasteiger partial charge in [0.15, 0.2) is 13.2 Å². The lowest BCUT2D eigenvalue weighted by Crippen LogP contribution is -2.41. The summed E-state index contributed by atoms with van der Waals surface area (Å²) in [4.78, 5) is 34.2. The zero-order valence-electron chi connectivity index (χ0n) is 13.2. The van der Waals surface area contributed by atoms with Crippen molar-refractivity contribution in [2.45, 2.75) is 19.9 Å². The van der Waals surface area contributed by atoms with Crippen LogP contribution in [-0.2, 0) is 19.1 Å². The quantitative estimate of drug-likeness (QED) is 0.676. The fraction of sp³-hybridized carbons (Fsp3) is 0.400. The van der Waals surface area contributed by atoms with Crippen molar-refractivity contribution in [2.24, 2.45) is 0 Å². The minimum Gasteiger partial charge on any atom is -0.480 e. The molecular weight excluding hydrogens is 343 g/mol. The van der Waals surface area contributed by atoms with E-state index in [0.717, 1.165) is 12.1 Å². The van der Waals surface area contributed by atoms with Crippen molar-refractivity contribution in [1.29, 1.82) is 0 Å². The van der Waals surface area contributed by atoms with Crippen molar-refractivity contribution < 1.29 is 28.2 Å². The van der Waals surface area contributed by atoms with Crippen LogP contribution in [0.1, 0.15) is 13.8 Å². The number of carbonyl (C=O) groups excluding carboxylic acids is 3. The summed E-state index contributed by atoms with van der Waals surface area (Å²) in [6.07, 6.45) is 0. The van der Waals surface area contributed by atoms with E-state index in [2.05, 4.69) is 15.4 Å². The first kappa shape index (κ1) is 19.7. The highest BCUT2D eigenvalue weighted by Crippen LogP contribution is 2.24. The first-order valence-electron chi connectivity index (χ1n) is 7.07. The lowest BCUT2D eigenvalue weighted by Gasteiger charge is -2.10. The number of ether oxygens (including phenoxy) is 2. The molecule has 0 bridgehead atoms. The van der Waals surface area contributed by atoms with Crippen LogP contribution >= 0.6 is 11.6 Å². The summed E-state index contributed by atoms with van der Waals surface area (Å²) in [5, 5.41) is 4.90. The minimum atomic E-state index is -0.808. The van der Waals surface area contributed by atoms with Crippen LogP contribution in [-0.4, -0.2) is 43.6 Å². The first-order chi connectivity index (χ1) is 11.3. The molecule has 0 saturated carbocycles. The standard InChI is InChI=1S/C15H18ClFN2O5/c1-9(2)19-13(20)6-18-14(21)7-24-15(22)8-23-12-4-3-10(17)5-11(12)16/h3-5,9H,6-8H2,1-2H3,(H,18,21)(H,19,20). The van der Waals surface area contributed by atoms with Crippen LogP contribution < -0.4 is 15.4 Å². The zero-order chi connectivity index (χ0) is 18.1. The van der Waals surface area contributed by atoms with E-state index in [4.69, 9.17) is 16.3 Å². The van der Waals surface area contributed by atoms with Gasteiger partial charge in [0.2, 0.25) is 5.91 Å². The topological polar surface area (TPSA) is 93.7 Å². The summed E-state index contributed by atoms with van der Waals surface area (Å²) in [6, 6.07) is 3.40. The molecule has 1 aromatic rings. The third kappa shape index (κ3) is 7.77. The van der Waals surface area contributed by atoms with Gasteiger partial charge in [0.25, 0.3) is 5.91 Å². The Labute approximate surface area is 143 Å². The number of carbonyl (C=O) groups is 3. The van der Waals surface area contributed by atoms with Crippen LogP contribution in [0.5, 0.6) is 5.75 Å². The summed E-state index contributed by atoms with van der Waals surface area (Å²) < 4.78 is 22.6. The van der Waals surface area contributed by atoms with Gasteiger partial charge in [0, 0.05) is 6.04 Å². The maximum absolute atomic E-state index is 12.9. The van der Waals surface area contributed by atoms with E-state index in [1.807, 2.05) is 0 Å². The monoisotopic (exact) mass is 360 g/mol. The van der Waals surface area contributed by atoms with Crippen LogP contribution in [0, 0.1) is 5.82 Å². The largest absolute Gasteiger partial charge is 0.480 e. The third-order valence-electron chi connectivity index (χ3n) is 2.50. The first-order valence-corrected chi connectivity index (χ1v) is 7.45. The normalized spacial score (nSPS) is 10.2. The van der Waals surface area contributed by atoms with E-state index < -0.39 is 30.9 Å². The molecule has 0 heterocycles. The van der Waals surface area contributed by atoms with Crippen LogP contribution in [0.3, 0.4) is 0 Å². The van der Waals surface area contributed by atoms with Gasteiger partial charge < -0.3 is 20.1 Å². The van der Waals surface area contributed by atoms with E-state index in [1.54, 1.807) is 13.8 Å². The van der Waals surface area contributed by atoms with Gasteiger partial charge in [-0.1, -0.05) is 11.6 Å². The molecule has 0 atom stereocenters. The molecule has 0 aliphatic rings. The number of hydrogen-bond acceptors (Lipinski definition) is 5. The molecule has 2 N–H and O–H groups in total. The predicted octanol–water partition coefficient (Wildman–Crippen LogP) is 1.04. The average molecular weight is 361 g/mol. The van der Waals surface area contributed by atoms with E-state index in [-0.39, 0.29) is 29.3 Å². The van der Waals surface area contributed by atoms with Crippen LogP contribution in [0.4, 0.5) is 4.39 Å². The zero-order valence-corrected chi connectivity index (χ0v) is 14.0. The Hall–Kier alpha value is -2.35. The number of benzene rings is 1. The second-order valence-electron chi connectivity index (χ2n) is 5.02. The molecule has 24 heavy (non-hydrogen) atoms. The van der Waals surface area contributed by atoms with Crippen molar-refractivity contribution in [3.05, 3.63) is 29.0 Å². The van der Waals surface area contributed by atoms with Gasteiger partial charge in [-0.15, -0.1) is 0 Å². The van der Waals surface area contributed by atoms with E-state index in [9.17, 15) is 18.8 Å². The second kappa shape index (κ2) is 9.71. The molecule has 2 amide bonds. The van der Waals surface area contributed by atoms with Gasteiger partial charge >= 0.3 is 5.97 Å². The maximum Gasteiger partial charge on any atom is 0.344 e. The summed E-state index contributed by atoms with van der Waals surface area (Å²) >= 11 is 5.73. The number of halogens is 2. The van der Waals surface area contributed by atoms with Gasteiger partial charge in [-0.05, 0) is 32.0 Å². The Morgan fingerprint density at radius 2 is 1.92 bits per heavy atom. The van der Waals surface area contributed by atoms with Crippen LogP contribution in [0.25, 0.3) is 0 Å². The highest BCUT2D eigenvalue weighted by atomic mass is 35.5. The summed E-state index contributed by atoms with van der Waals surface area (Å²) in [5.41, 5.74) is 0. The fourth-order valence-corrected chi connectivity index (χ4v) is 1.74. The van der Waals surface area contributed by atoms with Crippen molar-refractivity contribution in [2.75, 3.05) is 19.8 Å². The Balaban J connectivity index is 2.25.